The van der Waals surface area contributed by atoms with Crippen molar-refractivity contribution < 1.29 is 22.3 Å². The van der Waals surface area contributed by atoms with Crippen LogP contribution in [0.2, 0.25) is 0 Å². The van der Waals surface area contributed by atoms with E-state index in [1.54, 1.807) is 29.2 Å². The number of halogens is 1. The molecule has 0 bridgehead atoms. The lowest BCUT2D eigenvalue weighted by Crippen LogP contribution is -2.48. The number of hydrogen-bond acceptors (Lipinski definition) is 4. The molecule has 6 nitrogen and oxygen atoms in total. The molecule has 4 rings (SSSR count). The predicted octanol–water partition coefficient (Wildman–Crippen LogP) is 3.43. The fourth-order valence-corrected chi connectivity index (χ4v) is 5.54. The minimum Gasteiger partial charge on any atom is -0.373 e. The summed E-state index contributed by atoms with van der Waals surface area (Å²) in [6.45, 7) is 4.72. The van der Waals surface area contributed by atoms with Crippen LogP contribution in [0.3, 0.4) is 0 Å². The molecule has 0 N–H and O–H groups in total. The molecule has 2 aromatic carbocycles. The van der Waals surface area contributed by atoms with E-state index in [2.05, 4.69) is 0 Å². The van der Waals surface area contributed by atoms with Crippen LogP contribution in [-0.2, 0) is 21.3 Å². The van der Waals surface area contributed by atoms with Gasteiger partial charge in [-0.15, -0.1) is 0 Å². The third-order valence-corrected chi connectivity index (χ3v) is 7.49. The van der Waals surface area contributed by atoms with Crippen molar-refractivity contribution in [2.24, 2.45) is 0 Å². The minimum absolute atomic E-state index is 0.149. The van der Waals surface area contributed by atoms with Crippen molar-refractivity contribution in [1.29, 1.82) is 0 Å². The maximum atomic E-state index is 13.2. The standard InChI is InChI=1S/C23H27FN2O4S/c1-16-13-25(14-17(2)30-16)31(28,29)22-11-5-19(6-12-22)23(27)26(21-9-10-21)15-18-3-7-20(24)8-4-18/h3-8,11-12,16-17,21H,9-10,13-15H2,1-2H3. The lowest BCUT2D eigenvalue weighted by Gasteiger charge is -2.34. The molecule has 1 amide bonds. The van der Waals surface area contributed by atoms with Crippen LogP contribution in [0.5, 0.6) is 0 Å². The molecule has 0 spiro atoms. The molecule has 166 valence electrons. The summed E-state index contributed by atoms with van der Waals surface area (Å²) in [6.07, 6.45) is 1.54. The number of carbonyl (C=O) groups excluding carboxylic acids is 1. The van der Waals surface area contributed by atoms with Crippen LogP contribution in [0.4, 0.5) is 4.39 Å². The molecular formula is C23H27FN2O4S. The van der Waals surface area contributed by atoms with Crippen molar-refractivity contribution in [2.45, 2.75) is 56.4 Å². The summed E-state index contributed by atoms with van der Waals surface area (Å²) >= 11 is 0. The fraction of sp³-hybridized carbons (Fsp3) is 0.435. The van der Waals surface area contributed by atoms with Crippen molar-refractivity contribution in [3.05, 3.63) is 65.5 Å². The van der Waals surface area contributed by atoms with Gasteiger partial charge in [0.05, 0.1) is 17.1 Å². The molecule has 0 aromatic heterocycles. The van der Waals surface area contributed by atoms with Crippen molar-refractivity contribution in [3.63, 3.8) is 0 Å². The molecule has 1 saturated carbocycles. The second kappa shape index (κ2) is 8.68. The molecule has 2 aromatic rings. The number of rotatable bonds is 6. The van der Waals surface area contributed by atoms with E-state index in [0.29, 0.717) is 25.2 Å². The molecule has 2 fully saturated rings. The normalized spacial score (nSPS) is 22.3. The summed E-state index contributed by atoms with van der Waals surface area (Å²) in [6, 6.07) is 12.4. The second-order valence-electron chi connectivity index (χ2n) is 8.39. The minimum atomic E-state index is -3.65. The Morgan fingerprint density at radius 1 is 1.03 bits per heavy atom. The SMILES string of the molecule is CC1CN(S(=O)(=O)c2ccc(C(=O)N(Cc3ccc(F)cc3)C3CC3)cc2)CC(C)O1. The molecule has 1 heterocycles. The summed E-state index contributed by atoms with van der Waals surface area (Å²) in [7, 11) is -3.65. The van der Waals surface area contributed by atoms with Crippen molar-refractivity contribution in [1.82, 2.24) is 9.21 Å². The molecule has 2 atom stereocenters. The third kappa shape index (κ3) is 4.97. The predicted molar refractivity (Wildman–Crippen MR) is 115 cm³/mol. The Morgan fingerprint density at radius 3 is 2.16 bits per heavy atom. The number of morpholine rings is 1. The molecule has 1 saturated heterocycles. The van der Waals surface area contributed by atoms with E-state index in [1.165, 1.54) is 28.6 Å². The van der Waals surface area contributed by atoms with Crippen LogP contribution in [0.15, 0.2) is 53.4 Å². The lowest BCUT2D eigenvalue weighted by atomic mass is 10.1. The van der Waals surface area contributed by atoms with E-state index in [4.69, 9.17) is 4.74 Å². The first-order chi connectivity index (χ1) is 14.7. The first-order valence-electron chi connectivity index (χ1n) is 10.5. The summed E-state index contributed by atoms with van der Waals surface area (Å²) in [5.41, 5.74) is 1.30. The van der Waals surface area contributed by atoms with Crippen LogP contribution >= 0.6 is 0 Å². The Balaban J connectivity index is 1.51. The number of sulfonamides is 1. The van der Waals surface area contributed by atoms with Gasteiger partial charge in [-0.25, -0.2) is 12.8 Å². The molecule has 0 radical (unpaired) electrons. The van der Waals surface area contributed by atoms with Gasteiger partial charge in [0.2, 0.25) is 10.0 Å². The maximum Gasteiger partial charge on any atom is 0.254 e. The molecule has 2 aliphatic rings. The molecule has 1 aliphatic heterocycles. The van der Waals surface area contributed by atoms with E-state index >= 15 is 0 Å². The van der Waals surface area contributed by atoms with E-state index in [9.17, 15) is 17.6 Å². The summed E-state index contributed by atoms with van der Waals surface area (Å²) in [5, 5.41) is 0. The average molecular weight is 447 g/mol. The van der Waals surface area contributed by atoms with Gasteiger partial charge < -0.3 is 9.64 Å². The topological polar surface area (TPSA) is 66.9 Å². The zero-order valence-corrected chi connectivity index (χ0v) is 18.5. The highest BCUT2D eigenvalue weighted by molar-refractivity contribution is 7.89. The molecular weight excluding hydrogens is 419 g/mol. The highest BCUT2D eigenvalue weighted by Crippen LogP contribution is 2.30. The second-order valence-corrected chi connectivity index (χ2v) is 10.3. The Labute approximate surface area is 182 Å². The first-order valence-corrected chi connectivity index (χ1v) is 12.0. The van der Waals surface area contributed by atoms with Crippen molar-refractivity contribution in [3.8, 4) is 0 Å². The number of ether oxygens (including phenoxy) is 1. The largest absolute Gasteiger partial charge is 0.373 e. The van der Waals surface area contributed by atoms with Crippen LogP contribution in [0.1, 0.15) is 42.6 Å². The molecule has 31 heavy (non-hydrogen) atoms. The van der Waals surface area contributed by atoms with Gasteiger partial charge in [0.15, 0.2) is 0 Å². The van der Waals surface area contributed by atoms with Gasteiger partial charge in [0, 0.05) is 31.2 Å². The quantitative estimate of drug-likeness (QED) is 0.682. The van der Waals surface area contributed by atoms with E-state index in [1.807, 2.05) is 13.8 Å². The highest BCUT2D eigenvalue weighted by Gasteiger charge is 2.34. The van der Waals surface area contributed by atoms with Gasteiger partial charge in [0.1, 0.15) is 5.82 Å². The molecule has 2 unspecified atom stereocenters. The van der Waals surface area contributed by atoms with Crippen molar-refractivity contribution in [2.75, 3.05) is 13.1 Å². The smallest absolute Gasteiger partial charge is 0.254 e. The zero-order valence-electron chi connectivity index (χ0n) is 17.7. The van der Waals surface area contributed by atoms with Gasteiger partial charge in [0.25, 0.3) is 5.91 Å². The number of carbonyl (C=O) groups is 1. The van der Waals surface area contributed by atoms with Crippen molar-refractivity contribution >= 4 is 15.9 Å². The Hall–Kier alpha value is -2.29. The average Bonchev–Trinajstić information content (AvgIpc) is 3.57. The van der Waals surface area contributed by atoms with Crippen LogP contribution in [0, 0.1) is 5.82 Å². The number of amides is 1. The zero-order chi connectivity index (χ0) is 22.2. The summed E-state index contributed by atoms with van der Waals surface area (Å²) in [5.74, 6) is -0.460. The van der Waals surface area contributed by atoms with E-state index in [-0.39, 0.29) is 34.9 Å². The summed E-state index contributed by atoms with van der Waals surface area (Å²) in [4.78, 5) is 15.1. The van der Waals surface area contributed by atoms with E-state index < -0.39 is 10.0 Å². The lowest BCUT2D eigenvalue weighted by molar-refractivity contribution is -0.0440. The number of benzene rings is 2. The Bertz CT molecular complexity index is 1030. The third-order valence-electron chi connectivity index (χ3n) is 5.64. The maximum absolute atomic E-state index is 13.2. The van der Waals surface area contributed by atoms with Gasteiger partial charge >= 0.3 is 0 Å². The summed E-state index contributed by atoms with van der Waals surface area (Å²) < 4.78 is 46.3. The van der Waals surface area contributed by atoms with Gasteiger partial charge in [-0.3, -0.25) is 4.79 Å². The molecule has 1 aliphatic carbocycles. The van der Waals surface area contributed by atoms with Gasteiger partial charge in [-0.05, 0) is 68.7 Å². The van der Waals surface area contributed by atoms with Crippen LogP contribution < -0.4 is 0 Å². The first kappa shape index (κ1) is 21.9. The van der Waals surface area contributed by atoms with Crippen LogP contribution in [-0.4, -0.2) is 54.9 Å². The molecule has 8 heteroatoms. The number of nitrogens with zero attached hydrogens (tertiary/aromatic N) is 2. The van der Waals surface area contributed by atoms with Gasteiger partial charge in [-0.2, -0.15) is 4.31 Å². The van der Waals surface area contributed by atoms with E-state index in [0.717, 1.165) is 18.4 Å². The Kier molecular flexibility index (Phi) is 6.14. The number of hydrogen-bond donors (Lipinski definition) is 0. The monoisotopic (exact) mass is 446 g/mol. The fourth-order valence-electron chi connectivity index (χ4n) is 3.95. The highest BCUT2D eigenvalue weighted by atomic mass is 32.2. The van der Waals surface area contributed by atoms with Crippen LogP contribution in [0.25, 0.3) is 0 Å². The van der Waals surface area contributed by atoms with Gasteiger partial charge in [-0.1, -0.05) is 12.1 Å². The Morgan fingerprint density at radius 2 is 1.61 bits per heavy atom.